The van der Waals surface area contributed by atoms with Crippen molar-refractivity contribution in [1.82, 2.24) is 10.6 Å². The van der Waals surface area contributed by atoms with Crippen LogP contribution in [0.2, 0.25) is 0 Å². The van der Waals surface area contributed by atoms with E-state index >= 15 is 0 Å². The second-order valence-corrected chi connectivity index (χ2v) is 6.43. The average Bonchev–Trinajstić information content (AvgIpc) is 3.01. The van der Waals surface area contributed by atoms with Gasteiger partial charge in [-0.15, -0.1) is 0 Å². The van der Waals surface area contributed by atoms with Gasteiger partial charge < -0.3 is 29.3 Å². The van der Waals surface area contributed by atoms with Crippen molar-refractivity contribution >= 4 is 28.9 Å². The predicted octanol–water partition coefficient (Wildman–Crippen LogP) is 2.43. The summed E-state index contributed by atoms with van der Waals surface area (Å²) in [6, 6.07) is 4.11. The van der Waals surface area contributed by atoms with Gasteiger partial charge in [0.25, 0.3) is 0 Å². The first-order chi connectivity index (χ1) is 13.8. The van der Waals surface area contributed by atoms with Gasteiger partial charge in [-0.25, -0.2) is 14.4 Å². The zero-order valence-corrected chi connectivity index (χ0v) is 16.6. The van der Waals surface area contributed by atoms with Gasteiger partial charge in [-0.1, -0.05) is 0 Å². The summed E-state index contributed by atoms with van der Waals surface area (Å²) >= 11 is 0. The van der Waals surface area contributed by atoms with Gasteiger partial charge in [-0.05, 0) is 39.0 Å². The van der Waals surface area contributed by atoms with Crippen molar-refractivity contribution in [2.45, 2.75) is 26.8 Å². The number of furan rings is 1. The molecule has 1 unspecified atom stereocenters. The van der Waals surface area contributed by atoms with Crippen molar-refractivity contribution in [3.05, 3.63) is 40.8 Å². The van der Waals surface area contributed by atoms with E-state index in [1.54, 1.807) is 46.1 Å². The van der Waals surface area contributed by atoms with Crippen molar-refractivity contribution in [1.29, 1.82) is 0 Å². The van der Waals surface area contributed by atoms with E-state index < -0.39 is 24.0 Å². The van der Waals surface area contributed by atoms with Gasteiger partial charge >= 0.3 is 18.0 Å². The molecule has 1 aliphatic heterocycles. The molecule has 0 spiro atoms. The summed E-state index contributed by atoms with van der Waals surface area (Å²) in [5.41, 5.74) is 1.49. The highest BCUT2D eigenvalue weighted by Gasteiger charge is 2.31. The van der Waals surface area contributed by atoms with E-state index in [-0.39, 0.29) is 30.2 Å². The Bertz CT molecular complexity index is 1010. The van der Waals surface area contributed by atoms with Gasteiger partial charge in [0.2, 0.25) is 5.76 Å². The molecule has 1 aliphatic rings. The number of esters is 2. The number of ether oxygens (including phenoxy) is 3. The van der Waals surface area contributed by atoms with E-state index in [0.29, 0.717) is 16.9 Å². The lowest BCUT2D eigenvalue weighted by atomic mass is 10.0. The van der Waals surface area contributed by atoms with Crippen molar-refractivity contribution < 1.29 is 33.0 Å². The van der Waals surface area contributed by atoms with E-state index in [0.717, 1.165) is 5.39 Å². The lowest BCUT2D eigenvalue weighted by Gasteiger charge is -2.26. The minimum Gasteiger partial charge on any atom is -0.497 e. The van der Waals surface area contributed by atoms with Gasteiger partial charge in [0.05, 0.1) is 31.0 Å². The number of methoxy groups -OCH3 is 1. The highest BCUT2D eigenvalue weighted by molar-refractivity contribution is 5.97. The van der Waals surface area contributed by atoms with Crippen LogP contribution in [0.15, 0.2) is 33.9 Å². The molecule has 2 aromatic rings. The summed E-state index contributed by atoms with van der Waals surface area (Å²) in [5.74, 6) is -0.629. The molecule has 3 rings (SSSR count). The number of hydrogen-bond acceptors (Lipinski definition) is 7. The Labute approximate surface area is 167 Å². The molecular formula is C20H22N2O7. The Morgan fingerprint density at radius 2 is 1.97 bits per heavy atom. The van der Waals surface area contributed by atoms with Crippen molar-refractivity contribution in [3.8, 4) is 5.75 Å². The van der Waals surface area contributed by atoms with Gasteiger partial charge in [-0.2, -0.15) is 0 Å². The summed E-state index contributed by atoms with van der Waals surface area (Å²) in [7, 11) is 1.55. The molecule has 1 aromatic carbocycles. The molecular weight excluding hydrogens is 380 g/mol. The Kier molecular flexibility index (Phi) is 5.76. The quantitative estimate of drug-likeness (QED) is 0.713. The number of rotatable bonds is 6. The van der Waals surface area contributed by atoms with Crippen LogP contribution >= 0.6 is 0 Å². The van der Waals surface area contributed by atoms with Gasteiger partial charge in [0, 0.05) is 10.9 Å². The van der Waals surface area contributed by atoms with E-state index in [1.165, 1.54) is 0 Å². The fourth-order valence-corrected chi connectivity index (χ4v) is 3.12. The largest absolute Gasteiger partial charge is 0.497 e. The maximum atomic E-state index is 12.6. The summed E-state index contributed by atoms with van der Waals surface area (Å²) in [6.07, 6.45) is 0. The van der Waals surface area contributed by atoms with Crippen molar-refractivity contribution in [2.75, 3.05) is 20.3 Å². The normalized spacial score (nSPS) is 16.3. The minimum atomic E-state index is -0.714. The molecule has 9 heteroatoms. The Morgan fingerprint density at radius 3 is 2.66 bits per heavy atom. The molecule has 0 radical (unpaired) electrons. The fourth-order valence-electron chi connectivity index (χ4n) is 3.12. The third-order valence-electron chi connectivity index (χ3n) is 4.54. The van der Waals surface area contributed by atoms with Crippen LogP contribution in [-0.4, -0.2) is 44.3 Å². The first-order valence-corrected chi connectivity index (χ1v) is 9.07. The summed E-state index contributed by atoms with van der Waals surface area (Å²) in [4.78, 5) is 36.6. The average molecular weight is 402 g/mol. The van der Waals surface area contributed by atoms with Crippen molar-refractivity contribution in [3.63, 3.8) is 0 Å². The molecule has 0 saturated heterocycles. The van der Waals surface area contributed by atoms with E-state index in [1.807, 2.05) is 0 Å². The van der Waals surface area contributed by atoms with Crippen LogP contribution in [0, 0.1) is 6.92 Å². The fraction of sp³-hybridized carbons (Fsp3) is 0.350. The molecule has 0 saturated carbocycles. The molecule has 9 nitrogen and oxygen atoms in total. The van der Waals surface area contributed by atoms with Gasteiger partial charge in [-0.3, -0.25) is 0 Å². The smallest absolute Gasteiger partial charge is 0.374 e. The molecule has 154 valence electrons. The minimum absolute atomic E-state index is 0.0415. The Morgan fingerprint density at radius 1 is 1.21 bits per heavy atom. The molecule has 2 heterocycles. The first-order valence-electron chi connectivity index (χ1n) is 9.07. The Hall–Kier alpha value is -3.49. The van der Waals surface area contributed by atoms with Gasteiger partial charge in [0.15, 0.2) is 0 Å². The standard InChI is InChI=1S/C20H22N2O7/c1-5-27-18(23)16-11(3)21-20(25)22-14(16)9-28-19(24)17-10(2)13-8-12(26-4)6-7-15(13)29-17/h6-8,11H,5,9H2,1-4H3,(H2,21,22,25). The number of carbonyl (C=O) groups excluding carboxylic acids is 3. The van der Waals surface area contributed by atoms with Crippen LogP contribution in [0.3, 0.4) is 0 Å². The number of fused-ring (bicyclic) bond motifs is 1. The molecule has 2 N–H and O–H groups in total. The molecule has 29 heavy (non-hydrogen) atoms. The van der Waals surface area contributed by atoms with Crippen LogP contribution < -0.4 is 15.4 Å². The lowest BCUT2D eigenvalue weighted by Crippen LogP contribution is -2.50. The maximum absolute atomic E-state index is 12.6. The highest BCUT2D eigenvalue weighted by Crippen LogP contribution is 2.29. The van der Waals surface area contributed by atoms with Crippen LogP contribution in [0.1, 0.15) is 30.0 Å². The van der Waals surface area contributed by atoms with E-state index in [9.17, 15) is 14.4 Å². The molecule has 1 aromatic heterocycles. The monoisotopic (exact) mass is 402 g/mol. The highest BCUT2D eigenvalue weighted by atomic mass is 16.5. The third-order valence-corrected chi connectivity index (χ3v) is 4.54. The number of nitrogens with one attached hydrogen (secondary N) is 2. The number of hydrogen-bond donors (Lipinski definition) is 2. The van der Waals surface area contributed by atoms with Crippen molar-refractivity contribution in [2.24, 2.45) is 0 Å². The molecule has 0 fully saturated rings. The zero-order chi connectivity index (χ0) is 21.1. The predicted molar refractivity (Wildman–Crippen MR) is 103 cm³/mol. The number of amides is 2. The second kappa shape index (κ2) is 8.26. The van der Waals surface area contributed by atoms with Gasteiger partial charge in [0.1, 0.15) is 17.9 Å². The number of benzene rings is 1. The molecule has 0 bridgehead atoms. The number of aryl methyl sites for hydroxylation is 1. The summed E-state index contributed by atoms with van der Waals surface area (Å²) < 4.78 is 21.2. The molecule has 2 amide bonds. The zero-order valence-electron chi connectivity index (χ0n) is 16.6. The van der Waals surface area contributed by atoms with Crippen LogP contribution in [0.25, 0.3) is 11.0 Å². The number of urea groups is 1. The third kappa shape index (κ3) is 4.03. The maximum Gasteiger partial charge on any atom is 0.374 e. The number of carbonyl (C=O) groups is 3. The summed E-state index contributed by atoms with van der Waals surface area (Å²) in [6.45, 7) is 4.92. The van der Waals surface area contributed by atoms with E-state index in [2.05, 4.69) is 10.6 Å². The lowest BCUT2D eigenvalue weighted by molar-refractivity contribution is -0.139. The Balaban J connectivity index is 1.84. The first kappa shape index (κ1) is 20.2. The molecule has 0 aliphatic carbocycles. The van der Waals surface area contributed by atoms with E-state index in [4.69, 9.17) is 18.6 Å². The summed E-state index contributed by atoms with van der Waals surface area (Å²) in [5, 5.41) is 5.81. The second-order valence-electron chi connectivity index (χ2n) is 6.43. The topological polar surface area (TPSA) is 116 Å². The van der Waals surface area contributed by atoms with Crippen LogP contribution in [0.4, 0.5) is 4.79 Å². The SMILES string of the molecule is CCOC(=O)C1=C(COC(=O)c2oc3ccc(OC)cc3c2C)NC(=O)NC1C. The van der Waals surface area contributed by atoms with Crippen LogP contribution in [0.5, 0.6) is 5.75 Å². The van der Waals surface area contributed by atoms with Crippen LogP contribution in [-0.2, 0) is 14.3 Å². The molecule has 1 atom stereocenters.